The van der Waals surface area contributed by atoms with E-state index in [-0.39, 0.29) is 16.9 Å². The fourth-order valence-corrected chi connectivity index (χ4v) is 1.36. The second-order valence-electron chi connectivity index (χ2n) is 3.53. The van der Waals surface area contributed by atoms with Crippen molar-refractivity contribution < 1.29 is 19.1 Å². The second kappa shape index (κ2) is 6.14. The summed E-state index contributed by atoms with van der Waals surface area (Å²) in [5.74, 6) is -0.484. The molecule has 0 aliphatic heterocycles. The van der Waals surface area contributed by atoms with Crippen molar-refractivity contribution in [1.82, 2.24) is 9.36 Å². The average molecular weight is 259 g/mol. The smallest absolute Gasteiger partial charge is 0.413 e. The Morgan fingerprint density at radius 2 is 2.18 bits per heavy atom. The number of anilines is 1. The van der Waals surface area contributed by atoms with E-state index in [2.05, 4.69) is 19.4 Å². The van der Waals surface area contributed by atoms with Crippen LogP contribution < -0.4 is 5.32 Å². The summed E-state index contributed by atoms with van der Waals surface area (Å²) in [5.41, 5.74) is 0. The zero-order valence-electron chi connectivity index (χ0n) is 9.72. The van der Waals surface area contributed by atoms with Crippen molar-refractivity contribution in [3.05, 3.63) is 5.82 Å². The number of hydrogen-bond donors (Lipinski definition) is 1. The van der Waals surface area contributed by atoms with Crippen LogP contribution >= 0.6 is 11.5 Å². The lowest BCUT2D eigenvalue weighted by Gasteiger charge is -2.06. The first kappa shape index (κ1) is 13.4. The van der Waals surface area contributed by atoms with E-state index in [0.717, 1.165) is 11.5 Å². The monoisotopic (exact) mass is 259 g/mol. The number of methoxy groups -OCH3 is 1. The molecule has 7 nitrogen and oxygen atoms in total. The van der Waals surface area contributed by atoms with Gasteiger partial charge in [-0.1, -0.05) is 13.8 Å². The molecule has 1 aromatic heterocycles. The molecule has 0 aliphatic carbocycles. The first-order valence-electron chi connectivity index (χ1n) is 4.88. The number of amides is 1. The van der Waals surface area contributed by atoms with Crippen molar-refractivity contribution >= 4 is 28.7 Å². The van der Waals surface area contributed by atoms with Gasteiger partial charge in [0.15, 0.2) is 0 Å². The zero-order chi connectivity index (χ0) is 12.8. The van der Waals surface area contributed by atoms with Crippen LogP contribution in [0.3, 0.4) is 0 Å². The third kappa shape index (κ3) is 4.35. The zero-order valence-corrected chi connectivity index (χ0v) is 10.5. The first-order valence-corrected chi connectivity index (χ1v) is 5.66. The molecule has 0 bridgehead atoms. The maximum Gasteiger partial charge on any atom is 0.413 e. The van der Waals surface area contributed by atoms with E-state index in [4.69, 9.17) is 4.74 Å². The van der Waals surface area contributed by atoms with Gasteiger partial charge in [-0.05, 0) is 5.92 Å². The standard InChI is InChI=1S/C9H13N3O4S/c1-5(2)4-16-9(14)11-8-10-6(12-17-8)7(13)15-3/h5H,4H2,1-3H3,(H,10,11,12,14). The van der Waals surface area contributed by atoms with Gasteiger partial charge >= 0.3 is 12.1 Å². The molecule has 0 saturated carbocycles. The summed E-state index contributed by atoms with van der Waals surface area (Å²) in [6.45, 7) is 4.16. The highest BCUT2D eigenvalue weighted by atomic mass is 32.1. The van der Waals surface area contributed by atoms with Gasteiger partial charge < -0.3 is 9.47 Å². The Bertz CT molecular complexity index is 405. The molecular weight excluding hydrogens is 246 g/mol. The van der Waals surface area contributed by atoms with Gasteiger partial charge in [-0.2, -0.15) is 9.36 Å². The van der Waals surface area contributed by atoms with Gasteiger partial charge in [0.1, 0.15) is 0 Å². The van der Waals surface area contributed by atoms with E-state index in [1.165, 1.54) is 7.11 Å². The maximum atomic E-state index is 11.3. The molecule has 1 rings (SSSR count). The molecule has 0 fully saturated rings. The number of nitrogens with one attached hydrogen (secondary N) is 1. The lowest BCUT2D eigenvalue weighted by Crippen LogP contribution is -2.16. The van der Waals surface area contributed by atoms with Crippen LogP contribution in [0, 0.1) is 5.92 Å². The Balaban J connectivity index is 2.49. The van der Waals surface area contributed by atoms with Crippen LogP contribution in [0.25, 0.3) is 0 Å². The summed E-state index contributed by atoms with van der Waals surface area (Å²) in [5, 5.41) is 2.57. The summed E-state index contributed by atoms with van der Waals surface area (Å²) >= 11 is 0.882. The predicted octanol–water partition coefficient (Wildman–Crippen LogP) is 1.53. The Morgan fingerprint density at radius 3 is 2.76 bits per heavy atom. The van der Waals surface area contributed by atoms with Crippen LogP contribution in [0.1, 0.15) is 24.5 Å². The number of nitrogens with zero attached hydrogens (tertiary/aromatic N) is 2. The van der Waals surface area contributed by atoms with Crippen molar-refractivity contribution in [2.24, 2.45) is 5.92 Å². The van der Waals surface area contributed by atoms with Crippen molar-refractivity contribution in [2.75, 3.05) is 19.0 Å². The molecule has 17 heavy (non-hydrogen) atoms. The van der Waals surface area contributed by atoms with E-state index in [1.54, 1.807) is 0 Å². The minimum atomic E-state index is -0.648. The van der Waals surface area contributed by atoms with Crippen LogP contribution in [0.4, 0.5) is 9.93 Å². The highest BCUT2D eigenvalue weighted by Gasteiger charge is 2.14. The molecule has 8 heteroatoms. The summed E-state index contributed by atoms with van der Waals surface area (Å²) in [7, 11) is 1.23. The molecule has 0 aromatic carbocycles. The van der Waals surface area contributed by atoms with Gasteiger partial charge in [0.25, 0.3) is 5.82 Å². The molecule has 1 aromatic rings. The third-order valence-corrected chi connectivity index (χ3v) is 2.18. The van der Waals surface area contributed by atoms with Gasteiger partial charge in [-0.3, -0.25) is 5.32 Å². The van der Waals surface area contributed by atoms with Crippen molar-refractivity contribution in [3.8, 4) is 0 Å². The molecule has 0 spiro atoms. The molecule has 0 radical (unpaired) electrons. The van der Waals surface area contributed by atoms with E-state index < -0.39 is 12.1 Å². The van der Waals surface area contributed by atoms with Crippen LogP contribution in [-0.4, -0.2) is 35.1 Å². The summed E-state index contributed by atoms with van der Waals surface area (Å²) < 4.78 is 13.0. The van der Waals surface area contributed by atoms with Gasteiger partial charge in [-0.15, -0.1) is 0 Å². The second-order valence-corrected chi connectivity index (χ2v) is 4.28. The lowest BCUT2D eigenvalue weighted by molar-refractivity contribution is 0.0588. The van der Waals surface area contributed by atoms with E-state index >= 15 is 0 Å². The molecule has 0 aliphatic rings. The normalized spacial score (nSPS) is 10.1. The molecule has 0 atom stereocenters. The minimum absolute atomic E-state index is 0.0864. The lowest BCUT2D eigenvalue weighted by atomic mass is 10.2. The van der Waals surface area contributed by atoms with Crippen molar-refractivity contribution in [3.63, 3.8) is 0 Å². The van der Waals surface area contributed by atoms with E-state index in [9.17, 15) is 9.59 Å². The maximum absolute atomic E-state index is 11.3. The van der Waals surface area contributed by atoms with E-state index in [0.29, 0.717) is 6.61 Å². The number of ether oxygens (including phenoxy) is 2. The van der Waals surface area contributed by atoms with Crippen molar-refractivity contribution in [2.45, 2.75) is 13.8 Å². The van der Waals surface area contributed by atoms with Crippen molar-refractivity contribution in [1.29, 1.82) is 0 Å². The molecule has 1 heterocycles. The first-order chi connectivity index (χ1) is 8.02. The van der Waals surface area contributed by atoms with Crippen LogP contribution in [0.2, 0.25) is 0 Å². The minimum Gasteiger partial charge on any atom is -0.463 e. The SMILES string of the molecule is COC(=O)c1nsc(NC(=O)OCC(C)C)n1. The Kier molecular flexibility index (Phi) is 4.83. The molecule has 1 amide bonds. The molecule has 0 unspecified atom stereocenters. The topological polar surface area (TPSA) is 90.4 Å². The third-order valence-electron chi connectivity index (χ3n) is 1.55. The number of carbonyl (C=O) groups excluding carboxylic acids is 2. The van der Waals surface area contributed by atoms with Crippen LogP contribution in [0.15, 0.2) is 0 Å². The largest absolute Gasteiger partial charge is 0.463 e. The molecular formula is C9H13N3O4S. The Labute approximate surface area is 102 Å². The summed E-state index contributed by atoms with van der Waals surface area (Å²) in [4.78, 5) is 26.1. The van der Waals surface area contributed by atoms with Gasteiger partial charge in [0, 0.05) is 11.5 Å². The fourth-order valence-electron chi connectivity index (χ4n) is 0.814. The Morgan fingerprint density at radius 1 is 1.47 bits per heavy atom. The predicted molar refractivity (Wildman–Crippen MR) is 61.1 cm³/mol. The fraction of sp³-hybridized carbons (Fsp3) is 0.556. The summed E-state index contributed by atoms with van der Waals surface area (Å²) in [6, 6.07) is 0. The Hall–Kier alpha value is -1.70. The average Bonchev–Trinajstić information content (AvgIpc) is 2.73. The number of esters is 1. The molecule has 1 N–H and O–H groups in total. The highest BCUT2D eigenvalue weighted by Crippen LogP contribution is 2.11. The summed E-state index contributed by atoms with van der Waals surface area (Å²) in [6.07, 6.45) is -0.619. The molecule has 94 valence electrons. The van der Waals surface area contributed by atoms with Gasteiger partial charge in [0.2, 0.25) is 5.13 Å². The van der Waals surface area contributed by atoms with Crippen LogP contribution in [0.5, 0.6) is 0 Å². The number of hydrogen-bond acceptors (Lipinski definition) is 7. The number of aromatic nitrogens is 2. The number of carbonyl (C=O) groups is 2. The number of rotatable bonds is 4. The van der Waals surface area contributed by atoms with Gasteiger partial charge in [0.05, 0.1) is 13.7 Å². The van der Waals surface area contributed by atoms with Crippen LogP contribution in [-0.2, 0) is 9.47 Å². The molecule has 0 saturated heterocycles. The van der Waals surface area contributed by atoms with Gasteiger partial charge in [-0.25, -0.2) is 9.59 Å². The van der Waals surface area contributed by atoms with E-state index in [1.807, 2.05) is 13.8 Å². The highest BCUT2D eigenvalue weighted by molar-refractivity contribution is 7.10. The quantitative estimate of drug-likeness (QED) is 0.824.